The molecule has 2 aliphatic rings. The molecule has 2 aliphatic heterocycles. The van der Waals surface area contributed by atoms with Gasteiger partial charge in [0.05, 0.1) is 7.11 Å². The van der Waals surface area contributed by atoms with E-state index < -0.39 is 5.97 Å². The van der Waals surface area contributed by atoms with Crippen molar-refractivity contribution in [3.63, 3.8) is 0 Å². The number of nitrogens with one attached hydrogen (secondary N) is 1. The van der Waals surface area contributed by atoms with E-state index in [0.29, 0.717) is 6.04 Å². The van der Waals surface area contributed by atoms with Crippen LogP contribution in [0.4, 0.5) is 0 Å². The van der Waals surface area contributed by atoms with Crippen LogP contribution in [0.25, 0.3) is 0 Å². The van der Waals surface area contributed by atoms with Crippen molar-refractivity contribution in [1.82, 2.24) is 10.2 Å². The summed E-state index contributed by atoms with van der Waals surface area (Å²) >= 11 is 0. The van der Waals surface area contributed by atoms with Crippen LogP contribution in [0.1, 0.15) is 36.9 Å². The van der Waals surface area contributed by atoms with Gasteiger partial charge >= 0.3 is 0 Å². The Bertz CT molecular complexity index is 495. The Hall–Kier alpha value is -1.59. The fourth-order valence-electron chi connectivity index (χ4n) is 3.24. The van der Waals surface area contributed by atoms with Gasteiger partial charge in [0, 0.05) is 25.1 Å². The molecule has 1 aromatic rings. The highest BCUT2D eigenvalue weighted by Gasteiger charge is 2.25. The first kappa shape index (κ1) is 16.8. The molecule has 5 nitrogen and oxygen atoms in total. The van der Waals surface area contributed by atoms with Crippen LogP contribution in [0, 0.1) is 0 Å². The predicted octanol–water partition coefficient (Wildman–Crippen LogP) is 2.07. The molecule has 0 spiro atoms. The second-order valence-corrected chi connectivity index (χ2v) is 5.81. The minimum atomic E-state index is -0.833. The SMILES string of the molecule is CC(=O)O.COc1cccc2c1CCNC2CN1CCCC1. The van der Waals surface area contributed by atoms with E-state index in [-0.39, 0.29) is 0 Å². The van der Waals surface area contributed by atoms with Crippen molar-refractivity contribution in [3.05, 3.63) is 29.3 Å². The number of benzene rings is 1. The number of carbonyl (C=O) groups is 1. The number of nitrogens with zero attached hydrogens (tertiary/aromatic N) is 1. The highest BCUT2D eigenvalue weighted by atomic mass is 16.5. The number of likely N-dealkylation sites (tertiary alicyclic amines) is 1. The topological polar surface area (TPSA) is 61.8 Å². The molecule has 1 atom stereocenters. The largest absolute Gasteiger partial charge is 0.496 e. The molecule has 22 heavy (non-hydrogen) atoms. The Balaban J connectivity index is 0.000000396. The van der Waals surface area contributed by atoms with Gasteiger partial charge in [-0.1, -0.05) is 12.1 Å². The molecular formula is C17H26N2O3. The third-order valence-corrected chi connectivity index (χ3v) is 4.17. The quantitative estimate of drug-likeness (QED) is 0.895. The molecule has 0 amide bonds. The van der Waals surface area contributed by atoms with E-state index >= 15 is 0 Å². The maximum absolute atomic E-state index is 9.00. The third kappa shape index (κ3) is 4.45. The van der Waals surface area contributed by atoms with E-state index in [0.717, 1.165) is 32.2 Å². The minimum Gasteiger partial charge on any atom is -0.496 e. The van der Waals surface area contributed by atoms with Gasteiger partial charge in [0.2, 0.25) is 0 Å². The van der Waals surface area contributed by atoms with Crippen molar-refractivity contribution in [3.8, 4) is 5.75 Å². The molecule has 0 aliphatic carbocycles. The van der Waals surface area contributed by atoms with Crippen LogP contribution in [-0.2, 0) is 11.2 Å². The zero-order valence-corrected chi connectivity index (χ0v) is 13.5. The molecule has 0 radical (unpaired) electrons. The third-order valence-electron chi connectivity index (χ3n) is 4.17. The Morgan fingerprint density at radius 3 is 2.73 bits per heavy atom. The van der Waals surface area contributed by atoms with Gasteiger partial charge in [-0.05, 0) is 50.5 Å². The first-order chi connectivity index (χ1) is 10.6. The summed E-state index contributed by atoms with van der Waals surface area (Å²) in [5, 5.41) is 11.1. The van der Waals surface area contributed by atoms with Crippen molar-refractivity contribution in [2.45, 2.75) is 32.2 Å². The lowest BCUT2D eigenvalue weighted by Crippen LogP contribution is -2.38. The minimum absolute atomic E-state index is 0.474. The Kier molecular flexibility index (Phi) is 6.21. The summed E-state index contributed by atoms with van der Waals surface area (Å²) in [6.45, 7) is 5.81. The van der Waals surface area contributed by atoms with Gasteiger partial charge in [-0.25, -0.2) is 0 Å². The monoisotopic (exact) mass is 306 g/mol. The molecule has 0 bridgehead atoms. The first-order valence-corrected chi connectivity index (χ1v) is 7.93. The van der Waals surface area contributed by atoms with Crippen LogP contribution >= 0.6 is 0 Å². The zero-order chi connectivity index (χ0) is 15.9. The van der Waals surface area contributed by atoms with Gasteiger partial charge < -0.3 is 20.1 Å². The maximum Gasteiger partial charge on any atom is 0.300 e. The highest BCUT2D eigenvalue weighted by molar-refractivity contribution is 5.62. The molecule has 1 unspecified atom stereocenters. The molecule has 1 fully saturated rings. The van der Waals surface area contributed by atoms with Crippen LogP contribution in [0.5, 0.6) is 5.75 Å². The van der Waals surface area contributed by atoms with Crippen LogP contribution in [0.3, 0.4) is 0 Å². The summed E-state index contributed by atoms with van der Waals surface area (Å²) in [5.74, 6) is 0.223. The molecule has 1 aromatic carbocycles. The van der Waals surface area contributed by atoms with Crippen molar-refractivity contribution < 1.29 is 14.6 Å². The fourth-order valence-corrected chi connectivity index (χ4v) is 3.24. The van der Waals surface area contributed by atoms with Crippen LogP contribution in [0.15, 0.2) is 18.2 Å². The van der Waals surface area contributed by atoms with Crippen molar-refractivity contribution in [2.75, 3.05) is 33.3 Å². The van der Waals surface area contributed by atoms with E-state index in [1.807, 2.05) is 0 Å². The van der Waals surface area contributed by atoms with Crippen LogP contribution < -0.4 is 10.1 Å². The average Bonchev–Trinajstić information content (AvgIpc) is 2.99. The second-order valence-electron chi connectivity index (χ2n) is 5.81. The first-order valence-electron chi connectivity index (χ1n) is 7.93. The molecule has 3 rings (SSSR count). The number of hydrogen-bond donors (Lipinski definition) is 2. The number of ether oxygens (including phenoxy) is 1. The standard InChI is InChI=1S/C15H22N2O.C2H4O2/c1-18-15-6-4-5-12-13(15)7-8-16-14(12)11-17-9-2-3-10-17;1-2(3)4/h4-6,14,16H,2-3,7-11H2,1H3;1H3,(H,3,4). The summed E-state index contributed by atoms with van der Waals surface area (Å²) in [5.41, 5.74) is 2.84. The maximum atomic E-state index is 9.00. The van der Waals surface area contributed by atoms with E-state index in [2.05, 4.69) is 28.4 Å². The number of fused-ring (bicyclic) bond motifs is 1. The average molecular weight is 306 g/mol. The van der Waals surface area contributed by atoms with Gasteiger partial charge in [-0.2, -0.15) is 0 Å². The van der Waals surface area contributed by atoms with Crippen molar-refractivity contribution in [2.24, 2.45) is 0 Å². The van der Waals surface area contributed by atoms with E-state index in [1.165, 1.54) is 37.1 Å². The van der Waals surface area contributed by atoms with Crippen molar-refractivity contribution in [1.29, 1.82) is 0 Å². The van der Waals surface area contributed by atoms with Gasteiger partial charge in [0.1, 0.15) is 5.75 Å². The number of methoxy groups -OCH3 is 1. The number of aliphatic carboxylic acids is 1. The van der Waals surface area contributed by atoms with Crippen LogP contribution in [-0.4, -0.2) is 49.3 Å². The fraction of sp³-hybridized carbons (Fsp3) is 0.588. The Labute approximate surface area is 132 Å². The van der Waals surface area contributed by atoms with E-state index in [4.69, 9.17) is 14.6 Å². The Morgan fingerprint density at radius 1 is 1.41 bits per heavy atom. The molecule has 2 N–H and O–H groups in total. The van der Waals surface area contributed by atoms with Gasteiger partial charge in [-0.15, -0.1) is 0 Å². The molecule has 0 aromatic heterocycles. The molecule has 5 heteroatoms. The number of carboxylic acids is 1. The number of rotatable bonds is 3. The lowest BCUT2D eigenvalue weighted by atomic mass is 9.93. The number of hydrogen-bond acceptors (Lipinski definition) is 4. The molecule has 1 saturated heterocycles. The molecule has 122 valence electrons. The smallest absolute Gasteiger partial charge is 0.300 e. The summed E-state index contributed by atoms with van der Waals surface area (Å²) in [6.07, 6.45) is 3.80. The second kappa shape index (κ2) is 8.15. The zero-order valence-electron chi connectivity index (χ0n) is 13.5. The van der Waals surface area contributed by atoms with Crippen molar-refractivity contribution >= 4 is 5.97 Å². The van der Waals surface area contributed by atoms with E-state index in [9.17, 15) is 0 Å². The highest BCUT2D eigenvalue weighted by Crippen LogP contribution is 2.31. The number of carboxylic acid groups (broad SMARTS) is 1. The lowest BCUT2D eigenvalue weighted by molar-refractivity contribution is -0.134. The summed E-state index contributed by atoms with van der Waals surface area (Å²) in [6, 6.07) is 6.92. The van der Waals surface area contributed by atoms with Crippen LogP contribution in [0.2, 0.25) is 0 Å². The molecule has 0 saturated carbocycles. The lowest BCUT2D eigenvalue weighted by Gasteiger charge is -2.31. The normalized spacial score (nSPS) is 20.7. The summed E-state index contributed by atoms with van der Waals surface area (Å²) in [7, 11) is 1.77. The van der Waals surface area contributed by atoms with Gasteiger partial charge in [-0.3, -0.25) is 4.79 Å². The van der Waals surface area contributed by atoms with Gasteiger partial charge in [0.15, 0.2) is 0 Å². The van der Waals surface area contributed by atoms with Gasteiger partial charge in [0.25, 0.3) is 5.97 Å². The molecular weight excluding hydrogens is 280 g/mol. The molecule has 2 heterocycles. The van der Waals surface area contributed by atoms with E-state index in [1.54, 1.807) is 7.11 Å². The summed E-state index contributed by atoms with van der Waals surface area (Å²) in [4.78, 5) is 11.6. The predicted molar refractivity (Wildman–Crippen MR) is 86.4 cm³/mol. The Morgan fingerprint density at radius 2 is 2.09 bits per heavy atom. The summed E-state index contributed by atoms with van der Waals surface area (Å²) < 4.78 is 5.49.